The summed E-state index contributed by atoms with van der Waals surface area (Å²) in [5.41, 5.74) is 13.6. The molecule has 8 N–H and O–H groups in total. The standard InChI is InChI=1S/C24H28N6O2S.C23H27N7O2S.ClH/c1-14-5-7-16(8-6-14)27-18-11-17(9-10-20(18)32-4)28-21(31)13-33-24-29-19-12-26-23(25-3)15(2)22(19)30-24;1-13-21-18(11-26-22(13)25-2)29-23(30-21)33-12-20(31)28-16-8-9-19(32-3)17(10-16)27-15-6-4-14(24)5-7-15;/h9-12,14,16,27H,5-8,13H2,1-2,4H3,(H,28,31)(H,29,30);8-11,14-15,27H,4-7,12,24H2,1,3H3,(H,28,31)(H,29,30);1H. The zero-order valence-electron chi connectivity index (χ0n) is 38.1. The maximum atomic E-state index is 12.6. The van der Waals surface area contributed by atoms with Crippen molar-refractivity contribution in [3.05, 3.63) is 82.8 Å². The van der Waals surface area contributed by atoms with Crippen LogP contribution in [0.1, 0.15) is 69.4 Å². The quantitative estimate of drug-likeness (QED) is 0.0400. The smallest absolute Gasteiger partial charge is 0.274 e. The number of nitrogens with one attached hydrogen (secondary N) is 6. The third-order valence-corrected chi connectivity index (χ3v) is 13.5. The van der Waals surface area contributed by atoms with Crippen LogP contribution in [0.25, 0.3) is 31.8 Å². The van der Waals surface area contributed by atoms with Gasteiger partial charge in [-0.2, -0.15) is 0 Å². The number of benzene rings is 2. The predicted molar refractivity (Wildman–Crippen MR) is 271 cm³/mol. The molecule has 8 rings (SSSR count). The van der Waals surface area contributed by atoms with E-state index in [1.807, 2.05) is 50.2 Å². The second kappa shape index (κ2) is 23.5. The topological polar surface area (TPSA) is 219 Å². The summed E-state index contributed by atoms with van der Waals surface area (Å²) in [6.07, 6.45) is 12.0. The maximum absolute atomic E-state index is 12.6. The number of aromatic nitrogens is 6. The van der Waals surface area contributed by atoms with Crippen molar-refractivity contribution < 1.29 is 19.1 Å². The summed E-state index contributed by atoms with van der Waals surface area (Å²) in [6.45, 7) is 20.3. The number of H-pyrrole nitrogens is 2. The summed E-state index contributed by atoms with van der Waals surface area (Å²) in [5, 5.41) is 14.3. The van der Waals surface area contributed by atoms with Crippen LogP contribution in [0.2, 0.25) is 0 Å². The minimum absolute atomic E-state index is 0. The second-order valence-corrected chi connectivity index (χ2v) is 18.5. The Morgan fingerprint density at radius 2 is 1.13 bits per heavy atom. The fraction of sp³-hybridized carbons (Fsp3) is 0.404. The number of rotatable bonds is 14. The minimum atomic E-state index is -0.142. The van der Waals surface area contributed by atoms with Gasteiger partial charge in [-0.3, -0.25) is 9.59 Å². The Bertz CT molecular complexity index is 2580. The number of aromatic amines is 2. The van der Waals surface area contributed by atoms with Crippen molar-refractivity contribution in [2.75, 3.05) is 47.0 Å². The number of halogens is 1. The van der Waals surface area contributed by atoms with E-state index in [1.165, 1.54) is 36.4 Å². The first-order chi connectivity index (χ1) is 31.9. The zero-order chi connectivity index (χ0) is 46.7. The Kier molecular flexibility index (Phi) is 17.6. The third kappa shape index (κ3) is 13.0. The van der Waals surface area contributed by atoms with Crippen LogP contribution in [-0.4, -0.2) is 85.6 Å². The third-order valence-electron chi connectivity index (χ3n) is 11.8. The number of pyridine rings is 2. The lowest BCUT2D eigenvalue weighted by atomic mass is 9.87. The first-order valence-corrected chi connectivity index (χ1v) is 23.9. The van der Waals surface area contributed by atoms with Crippen molar-refractivity contribution in [3.63, 3.8) is 0 Å². The van der Waals surface area contributed by atoms with Gasteiger partial charge in [0, 0.05) is 40.6 Å². The molecule has 2 amide bonds. The average Bonchev–Trinajstić information content (AvgIpc) is 3.95. The van der Waals surface area contributed by atoms with Crippen LogP contribution >= 0.6 is 35.9 Å². The van der Waals surface area contributed by atoms with Crippen LogP contribution in [0, 0.1) is 32.9 Å². The first kappa shape index (κ1) is 50.2. The van der Waals surface area contributed by atoms with E-state index in [4.69, 9.17) is 28.4 Å². The van der Waals surface area contributed by atoms with Gasteiger partial charge in [0.25, 0.3) is 11.6 Å². The molecule has 352 valence electrons. The number of thioether (sulfide) groups is 2. The number of nitrogens with zero attached hydrogens (tertiary/aromatic N) is 6. The van der Waals surface area contributed by atoms with Crippen molar-refractivity contribution in [1.82, 2.24) is 29.9 Å². The number of amides is 2. The van der Waals surface area contributed by atoms with Gasteiger partial charge in [0.15, 0.2) is 10.3 Å². The number of hydrogen-bond acceptors (Lipinski definition) is 13. The minimum Gasteiger partial charge on any atom is -0.495 e. The number of carbonyl (C=O) groups is 2. The molecule has 2 aliphatic rings. The summed E-state index contributed by atoms with van der Waals surface area (Å²) in [4.78, 5) is 55.6. The number of aryl methyl sites for hydroxylation is 2. The van der Waals surface area contributed by atoms with E-state index in [9.17, 15) is 9.59 Å². The molecule has 67 heavy (non-hydrogen) atoms. The van der Waals surface area contributed by atoms with Crippen LogP contribution in [0.4, 0.5) is 34.4 Å². The molecular weight excluding hydrogens is 910 g/mol. The summed E-state index contributed by atoms with van der Waals surface area (Å²) in [5.74, 6) is 3.10. The Hall–Kier alpha value is -6.25. The molecule has 17 nitrogen and oxygen atoms in total. The fourth-order valence-electron chi connectivity index (χ4n) is 8.07. The number of imidazole rings is 2. The SMILES string of the molecule is Cl.[C-]#[N+]c1ncc2[nH]c(SCC(=O)Nc3ccc(OC)c(NC4CCC(C)CC4)c3)nc2c1C.[C-]#[N+]c1ncc2[nH]c(SCC(=O)Nc3ccc(OC)c(NC4CCC(N)CC4)c3)nc2c1C. The number of ether oxygens (including phenoxy) is 2. The van der Waals surface area contributed by atoms with Gasteiger partial charge in [-0.05, 0) is 108 Å². The second-order valence-electron chi connectivity index (χ2n) is 16.6. The van der Waals surface area contributed by atoms with Gasteiger partial charge >= 0.3 is 0 Å². The van der Waals surface area contributed by atoms with Gasteiger partial charge in [-0.15, -0.1) is 22.4 Å². The molecule has 0 bridgehead atoms. The van der Waals surface area contributed by atoms with E-state index < -0.39 is 0 Å². The molecular formula is C47H56ClN13O4S2. The van der Waals surface area contributed by atoms with Crippen molar-refractivity contribution in [2.24, 2.45) is 11.7 Å². The van der Waals surface area contributed by atoms with Gasteiger partial charge in [0.1, 0.15) is 34.9 Å². The molecule has 2 aromatic carbocycles. The van der Waals surface area contributed by atoms with E-state index in [-0.39, 0.29) is 41.8 Å². The maximum Gasteiger partial charge on any atom is 0.274 e. The lowest BCUT2D eigenvalue weighted by Gasteiger charge is -2.28. The Morgan fingerprint density at radius 1 is 0.716 bits per heavy atom. The molecule has 0 atom stereocenters. The Labute approximate surface area is 404 Å². The number of fused-ring (bicyclic) bond motifs is 2. The number of methoxy groups -OCH3 is 2. The molecule has 0 radical (unpaired) electrons. The monoisotopic (exact) mass is 965 g/mol. The normalized spacial score (nSPS) is 17.7. The molecule has 4 aromatic heterocycles. The van der Waals surface area contributed by atoms with Crippen LogP contribution in [0.15, 0.2) is 59.1 Å². The largest absolute Gasteiger partial charge is 0.495 e. The highest BCUT2D eigenvalue weighted by molar-refractivity contribution is 8.00. The van der Waals surface area contributed by atoms with Crippen LogP contribution in [0.3, 0.4) is 0 Å². The van der Waals surface area contributed by atoms with Crippen molar-refractivity contribution in [3.8, 4) is 11.5 Å². The predicted octanol–water partition coefficient (Wildman–Crippen LogP) is 10.2. The number of anilines is 4. The van der Waals surface area contributed by atoms with E-state index >= 15 is 0 Å². The van der Waals surface area contributed by atoms with Crippen LogP contribution < -0.4 is 36.5 Å². The lowest BCUT2D eigenvalue weighted by molar-refractivity contribution is -0.114. The van der Waals surface area contributed by atoms with Crippen molar-refractivity contribution >= 4 is 104 Å². The van der Waals surface area contributed by atoms with E-state index in [0.29, 0.717) is 50.8 Å². The first-order valence-electron chi connectivity index (χ1n) is 21.9. The molecule has 0 spiro atoms. The van der Waals surface area contributed by atoms with Gasteiger partial charge in [-0.25, -0.2) is 9.97 Å². The van der Waals surface area contributed by atoms with Gasteiger partial charge < -0.3 is 56.1 Å². The molecule has 20 heteroatoms. The molecule has 0 saturated heterocycles. The molecule has 2 saturated carbocycles. The average molecular weight is 967 g/mol. The summed E-state index contributed by atoms with van der Waals surface area (Å²) in [6, 6.07) is 12.3. The van der Waals surface area contributed by atoms with E-state index in [0.717, 1.165) is 95.2 Å². The highest BCUT2D eigenvalue weighted by Crippen LogP contribution is 2.34. The highest BCUT2D eigenvalue weighted by atomic mass is 35.5. The molecule has 2 fully saturated rings. The zero-order valence-corrected chi connectivity index (χ0v) is 40.6. The van der Waals surface area contributed by atoms with Crippen molar-refractivity contribution in [2.45, 2.75) is 101 Å². The summed E-state index contributed by atoms with van der Waals surface area (Å²) < 4.78 is 11.0. The molecule has 2 aliphatic carbocycles. The lowest BCUT2D eigenvalue weighted by Crippen LogP contribution is -2.32. The fourth-order valence-corrected chi connectivity index (χ4v) is 9.43. The van der Waals surface area contributed by atoms with E-state index in [2.05, 4.69) is 67.8 Å². The van der Waals surface area contributed by atoms with Crippen LogP contribution in [0.5, 0.6) is 11.5 Å². The van der Waals surface area contributed by atoms with Gasteiger partial charge in [0.05, 0.1) is 48.1 Å². The summed E-state index contributed by atoms with van der Waals surface area (Å²) >= 11 is 2.61. The number of nitrogens with two attached hydrogens (primary N) is 1. The number of carbonyl (C=O) groups excluding carboxylic acids is 2. The molecule has 0 aliphatic heterocycles. The number of hydrogen-bond donors (Lipinski definition) is 7. The molecule has 0 unspecified atom stereocenters. The Balaban J connectivity index is 0.000000218. The summed E-state index contributed by atoms with van der Waals surface area (Å²) in [7, 11) is 3.29. The van der Waals surface area contributed by atoms with E-state index in [1.54, 1.807) is 26.6 Å². The van der Waals surface area contributed by atoms with Gasteiger partial charge in [-0.1, -0.05) is 43.6 Å². The molecule has 6 aromatic rings. The van der Waals surface area contributed by atoms with Gasteiger partial charge in [0.2, 0.25) is 11.8 Å². The van der Waals surface area contributed by atoms with Crippen LogP contribution in [-0.2, 0) is 9.59 Å². The Morgan fingerprint density at radius 3 is 1.54 bits per heavy atom. The highest BCUT2D eigenvalue weighted by Gasteiger charge is 2.22. The van der Waals surface area contributed by atoms with Crippen molar-refractivity contribution in [1.29, 1.82) is 0 Å². The molecule has 4 heterocycles.